The van der Waals surface area contributed by atoms with Crippen molar-refractivity contribution in [2.45, 2.75) is 31.3 Å². The standard InChI is InChI=1S/C31H31N3O5/c1-21(22-6-4-3-5-7-22)39-30(37)33-28-27(32-20-34(28)2)25-10-8-23(9-11-25)24-12-14-26(15-13-24)31(29(35)36)16-18-38-19-17-31/h3-15,20-21H,16-19H2,1-2H3,(H,33,37)(H,35,36)/t21-/m1/s1. The molecule has 1 aromatic heterocycles. The second kappa shape index (κ2) is 11.1. The minimum absolute atomic E-state index is 0.398. The number of rotatable bonds is 7. The third-order valence-electron chi connectivity index (χ3n) is 7.40. The number of amides is 1. The fraction of sp³-hybridized carbons (Fsp3) is 0.258. The molecule has 1 aliphatic heterocycles. The predicted octanol–water partition coefficient (Wildman–Crippen LogP) is 6.20. The first-order chi connectivity index (χ1) is 18.9. The van der Waals surface area contributed by atoms with Crippen molar-refractivity contribution in [1.29, 1.82) is 0 Å². The van der Waals surface area contributed by atoms with E-state index in [0.717, 1.165) is 27.8 Å². The Morgan fingerprint density at radius 3 is 2.15 bits per heavy atom. The van der Waals surface area contributed by atoms with Gasteiger partial charge in [0.15, 0.2) is 0 Å². The van der Waals surface area contributed by atoms with Crippen LogP contribution in [-0.2, 0) is 26.7 Å². The van der Waals surface area contributed by atoms with E-state index in [1.165, 1.54) is 0 Å². The van der Waals surface area contributed by atoms with Gasteiger partial charge < -0.3 is 19.1 Å². The van der Waals surface area contributed by atoms with Gasteiger partial charge in [0, 0.05) is 25.8 Å². The minimum Gasteiger partial charge on any atom is -0.481 e. The fourth-order valence-corrected chi connectivity index (χ4v) is 5.02. The van der Waals surface area contributed by atoms with Crippen molar-refractivity contribution in [3.05, 3.63) is 96.3 Å². The molecule has 8 nitrogen and oxygen atoms in total. The molecule has 0 unspecified atom stereocenters. The van der Waals surface area contributed by atoms with E-state index in [9.17, 15) is 14.7 Å². The van der Waals surface area contributed by atoms with Crippen molar-refractivity contribution in [3.63, 3.8) is 0 Å². The van der Waals surface area contributed by atoms with Crippen molar-refractivity contribution in [2.24, 2.45) is 7.05 Å². The zero-order valence-corrected chi connectivity index (χ0v) is 22.0. The molecular formula is C31H31N3O5. The third-order valence-corrected chi connectivity index (χ3v) is 7.40. The predicted molar refractivity (Wildman–Crippen MR) is 148 cm³/mol. The number of nitrogens with one attached hydrogen (secondary N) is 1. The molecule has 8 heteroatoms. The lowest BCUT2D eigenvalue weighted by Crippen LogP contribution is -2.41. The summed E-state index contributed by atoms with van der Waals surface area (Å²) in [5.74, 6) is -0.270. The molecule has 200 valence electrons. The number of carbonyl (C=O) groups is 2. The van der Waals surface area contributed by atoms with Gasteiger partial charge in [-0.2, -0.15) is 0 Å². The zero-order chi connectivity index (χ0) is 27.4. The van der Waals surface area contributed by atoms with Gasteiger partial charge in [-0.3, -0.25) is 10.1 Å². The quantitative estimate of drug-likeness (QED) is 0.298. The number of carboxylic acid groups (broad SMARTS) is 1. The number of imidazole rings is 1. The van der Waals surface area contributed by atoms with E-state index in [4.69, 9.17) is 9.47 Å². The summed E-state index contributed by atoms with van der Waals surface area (Å²) in [5, 5.41) is 12.8. The summed E-state index contributed by atoms with van der Waals surface area (Å²) in [5.41, 5.74) is 4.26. The summed E-state index contributed by atoms with van der Waals surface area (Å²) < 4.78 is 12.7. The van der Waals surface area contributed by atoms with E-state index in [2.05, 4.69) is 10.3 Å². The molecule has 1 saturated heterocycles. The molecule has 5 rings (SSSR count). The Kier molecular flexibility index (Phi) is 7.47. The van der Waals surface area contributed by atoms with Crippen LogP contribution in [0.2, 0.25) is 0 Å². The number of aromatic nitrogens is 2. The lowest BCUT2D eigenvalue weighted by molar-refractivity contribution is -0.147. The molecule has 0 radical (unpaired) electrons. The van der Waals surface area contributed by atoms with Crippen LogP contribution in [-0.4, -0.2) is 39.9 Å². The lowest BCUT2D eigenvalue weighted by Gasteiger charge is -2.33. The number of ether oxygens (including phenoxy) is 2. The van der Waals surface area contributed by atoms with Crippen molar-refractivity contribution < 1.29 is 24.2 Å². The molecule has 4 aromatic rings. The van der Waals surface area contributed by atoms with Crippen LogP contribution in [0.3, 0.4) is 0 Å². The maximum Gasteiger partial charge on any atom is 0.413 e. The van der Waals surface area contributed by atoms with Crippen LogP contribution in [0.15, 0.2) is 85.2 Å². The van der Waals surface area contributed by atoms with Gasteiger partial charge in [0.2, 0.25) is 0 Å². The summed E-state index contributed by atoms with van der Waals surface area (Å²) in [6.07, 6.45) is 1.62. The molecule has 0 spiro atoms. The first kappa shape index (κ1) is 26.2. The van der Waals surface area contributed by atoms with Gasteiger partial charge in [0.05, 0.1) is 11.7 Å². The molecule has 0 saturated carbocycles. The summed E-state index contributed by atoms with van der Waals surface area (Å²) in [6.45, 7) is 2.72. The van der Waals surface area contributed by atoms with Gasteiger partial charge >= 0.3 is 12.1 Å². The number of carbonyl (C=O) groups excluding carboxylic acids is 1. The Hall–Kier alpha value is -4.43. The van der Waals surface area contributed by atoms with Gasteiger partial charge in [-0.25, -0.2) is 9.78 Å². The van der Waals surface area contributed by atoms with Crippen molar-refractivity contribution in [3.8, 4) is 22.4 Å². The highest BCUT2D eigenvalue weighted by atomic mass is 16.6. The fourth-order valence-electron chi connectivity index (χ4n) is 5.02. The van der Waals surface area contributed by atoms with Gasteiger partial charge in [0.1, 0.15) is 17.6 Å². The third kappa shape index (κ3) is 5.42. The van der Waals surface area contributed by atoms with Gasteiger partial charge in [-0.05, 0) is 42.0 Å². The molecule has 1 fully saturated rings. The number of benzene rings is 3. The second-order valence-electron chi connectivity index (χ2n) is 9.79. The maximum atomic E-state index is 12.7. The van der Waals surface area contributed by atoms with E-state index >= 15 is 0 Å². The molecule has 39 heavy (non-hydrogen) atoms. The average Bonchev–Trinajstić information content (AvgIpc) is 3.33. The van der Waals surface area contributed by atoms with Crippen LogP contribution in [0, 0.1) is 0 Å². The van der Waals surface area contributed by atoms with E-state index < -0.39 is 23.6 Å². The Labute approximate surface area is 227 Å². The molecule has 1 atom stereocenters. The van der Waals surface area contributed by atoms with Crippen LogP contribution >= 0.6 is 0 Å². The van der Waals surface area contributed by atoms with Crippen molar-refractivity contribution in [2.75, 3.05) is 18.5 Å². The highest BCUT2D eigenvalue weighted by Gasteiger charge is 2.41. The summed E-state index contributed by atoms with van der Waals surface area (Å²) in [6, 6.07) is 25.2. The topological polar surface area (TPSA) is 103 Å². The molecule has 1 amide bonds. The number of aryl methyl sites for hydroxylation is 1. The normalized spacial score (nSPS) is 15.3. The van der Waals surface area contributed by atoms with Crippen LogP contribution in [0.25, 0.3) is 22.4 Å². The molecule has 2 N–H and O–H groups in total. The van der Waals surface area contributed by atoms with E-state index in [1.54, 1.807) is 10.9 Å². The van der Waals surface area contributed by atoms with Gasteiger partial charge in [-0.1, -0.05) is 78.9 Å². The Balaban J connectivity index is 1.31. The number of aliphatic carboxylic acids is 1. The molecule has 0 bridgehead atoms. The number of hydrogen-bond donors (Lipinski definition) is 2. The van der Waals surface area contributed by atoms with E-state index in [-0.39, 0.29) is 0 Å². The highest BCUT2D eigenvalue weighted by Crippen LogP contribution is 2.36. The zero-order valence-electron chi connectivity index (χ0n) is 22.0. The molecule has 3 aromatic carbocycles. The summed E-state index contributed by atoms with van der Waals surface area (Å²) in [7, 11) is 1.81. The van der Waals surface area contributed by atoms with E-state index in [1.807, 2.05) is 92.8 Å². The Bertz CT molecular complexity index is 1440. The van der Waals surface area contributed by atoms with Crippen LogP contribution < -0.4 is 5.32 Å². The molecule has 2 heterocycles. The number of carboxylic acids is 1. The molecule has 0 aliphatic carbocycles. The van der Waals surface area contributed by atoms with Crippen LogP contribution in [0.5, 0.6) is 0 Å². The van der Waals surface area contributed by atoms with Crippen LogP contribution in [0.1, 0.15) is 37.0 Å². The first-order valence-corrected chi connectivity index (χ1v) is 12.9. The largest absolute Gasteiger partial charge is 0.481 e. The average molecular weight is 526 g/mol. The van der Waals surface area contributed by atoms with Crippen LogP contribution in [0.4, 0.5) is 10.6 Å². The smallest absolute Gasteiger partial charge is 0.413 e. The monoisotopic (exact) mass is 525 g/mol. The first-order valence-electron chi connectivity index (χ1n) is 12.9. The van der Waals surface area contributed by atoms with Gasteiger partial charge in [-0.15, -0.1) is 0 Å². The van der Waals surface area contributed by atoms with Crippen molar-refractivity contribution in [1.82, 2.24) is 9.55 Å². The van der Waals surface area contributed by atoms with Crippen molar-refractivity contribution >= 4 is 17.9 Å². The number of anilines is 1. The molecule has 1 aliphatic rings. The minimum atomic E-state index is -0.900. The highest BCUT2D eigenvalue weighted by molar-refractivity contribution is 5.89. The van der Waals surface area contributed by atoms with Gasteiger partial charge in [0.25, 0.3) is 0 Å². The summed E-state index contributed by atoms with van der Waals surface area (Å²) in [4.78, 5) is 29.3. The maximum absolute atomic E-state index is 12.7. The summed E-state index contributed by atoms with van der Waals surface area (Å²) >= 11 is 0. The SMILES string of the molecule is C[C@@H](OC(=O)Nc1c(-c2ccc(-c3ccc(C4(C(=O)O)CCOCC4)cc3)cc2)ncn1C)c1ccccc1. The number of hydrogen-bond acceptors (Lipinski definition) is 5. The Morgan fingerprint density at radius 2 is 1.54 bits per heavy atom. The number of nitrogens with zero attached hydrogens (tertiary/aromatic N) is 2. The lowest BCUT2D eigenvalue weighted by atomic mass is 9.74. The second-order valence-corrected chi connectivity index (χ2v) is 9.79. The molecular weight excluding hydrogens is 494 g/mol. The Morgan fingerprint density at radius 1 is 0.949 bits per heavy atom. The van der Waals surface area contributed by atoms with E-state index in [0.29, 0.717) is 37.6 Å².